The van der Waals surface area contributed by atoms with Gasteiger partial charge in [-0.25, -0.2) is 9.78 Å². The molecule has 1 amide bonds. The topological polar surface area (TPSA) is 68.3 Å². The molecule has 0 fully saturated rings. The zero-order valence-electron chi connectivity index (χ0n) is 11.8. The Labute approximate surface area is 141 Å². The number of ether oxygens (including phenoxy) is 1. The van der Waals surface area contributed by atoms with Crippen LogP contribution in [0.1, 0.15) is 20.4 Å². The summed E-state index contributed by atoms with van der Waals surface area (Å²) in [7, 11) is 0. The maximum atomic E-state index is 11.9. The first-order valence-electron chi connectivity index (χ1n) is 6.22. The van der Waals surface area contributed by atoms with Gasteiger partial charge in [0.25, 0.3) is 5.91 Å². The first-order valence-corrected chi connectivity index (χ1v) is 7.79. The van der Waals surface area contributed by atoms with Crippen LogP contribution in [0.15, 0.2) is 18.2 Å². The van der Waals surface area contributed by atoms with E-state index in [9.17, 15) is 9.59 Å². The zero-order valence-corrected chi connectivity index (χ0v) is 14.1. The molecule has 22 heavy (non-hydrogen) atoms. The minimum Gasteiger partial charge on any atom is -0.451 e. The summed E-state index contributed by atoms with van der Waals surface area (Å²) in [5.41, 5.74) is 1.03. The summed E-state index contributed by atoms with van der Waals surface area (Å²) < 4.78 is 4.97. The molecule has 2 rings (SSSR count). The molecule has 5 nitrogen and oxygen atoms in total. The summed E-state index contributed by atoms with van der Waals surface area (Å²) in [6.07, 6.45) is 0. The number of hydrogen-bond donors (Lipinski definition) is 1. The van der Waals surface area contributed by atoms with E-state index >= 15 is 0 Å². The Kier molecular flexibility index (Phi) is 5.39. The second kappa shape index (κ2) is 7.09. The first-order chi connectivity index (χ1) is 10.3. The van der Waals surface area contributed by atoms with Gasteiger partial charge in [0.15, 0.2) is 6.61 Å². The summed E-state index contributed by atoms with van der Waals surface area (Å²) in [5, 5.41) is 4.12. The van der Waals surface area contributed by atoms with Crippen molar-refractivity contribution in [2.24, 2.45) is 0 Å². The van der Waals surface area contributed by atoms with Crippen molar-refractivity contribution in [1.82, 2.24) is 4.98 Å². The molecule has 1 aromatic heterocycles. The molecule has 0 spiro atoms. The third-order valence-electron chi connectivity index (χ3n) is 2.57. The third kappa shape index (κ3) is 4.43. The van der Waals surface area contributed by atoms with E-state index in [0.29, 0.717) is 26.3 Å². The molecule has 2 aromatic rings. The number of anilines is 1. The quantitative estimate of drug-likeness (QED) is 0.842. The summed E-state index contributed by atoms with van der Waals surface area (Å²) >= 11 is 12.9. The minimum atomic E-state index is -0.567. The Morgan fingerprint density at radius 3 is 2.41 bits per heavy atom. The van der Waals surface area contributed by atoms with Crippen LogP contribution in [0.2, 0.25) is 10.0 Å². The smallest absolute Gasteiger partial charge is 0.350 e. The highest BCUT2D eigenvalue weighted by atomic mass is 35.5. The van der Waals surface area contributed by atoms with Gasteiger partial charge in [-0.15, -0.1) is 11.3 Å². The number of esters is 1. The highest BCUT2D eigenvalue weighted by Gasteiger charge is 2.16. The van der Waals surface area contributed by atoms with Gasteiger partial charge >= 0.3 is 5.97 Å². The average Bonchev–Trinajstić information content (AvgIpc) is 2.74. The molecule has 0 bridgehead atoms. The van der Waals surface area contributed by atoms with Crippen molar-refractivity contribution >= 4 is 52.1 Å². The number of halogens is 2. The number of aromatic nitrogens is 1. The number of hydrogen-bond acceptors (Lipinski definition) is 5. The molecule has 1 heterocycles. The molecule has 0 aliphatic carbocycles. The molecule has 0 saturated heterocycles. The summed E-state index contributed by atoms with van der Waals surface area (Å²) in [6.45, 7) is 3.11. The maximum absolute atomic E-state index is 11.9. The van der Waals surface area contributed by atoms with Crippen LogP contribution in [0.4, 0.5) is 5.69 Å². The lowest BCUT2D eigenvalue weighted by atomic mass is 10.3. The van der Waals surface area contributed by atoms with E-state index in [0.717, 1.165) is 5.01 Å². The number of nitrogens with zero attached hydrogens (tertiary/aromatic N) is 1. The Balaban J connectivity index is 1.92. The Morgan fingerprint density at radius 2 is 1.86 bits per heavy atom. The van der Waals surface area contributed by atoms with E-state index < -0.39 is 18.5 Å². The number of rotatable bonds is 4. The molecule has 0 radical (unpaired) electrons. The highest BCUT2D eigenvalue weighted by molar-refractivity contribution is 7.13. The van der Waals surface area contributed by atoms with E-state index in [4.69, 9.17) is 27.9 Å². The summed E-state index contributed by atoms with van der Waals surface area (Å²) in [6, 6.07) is 4.64. The molecule has 0 unspecified atom stereocenters. The second-order valence-corrected chi connectivity index (χ2v) is 6.51. The summed E-state index contributed by atoms with van der Waals surface area (Å²) in [4.78, 5) is 28.2. The number of nitrogens with one attached hydrogen (secondary N) is 1. The van der Waals surface area contributed by atoms with Gasteiger partial charge in [-0.05, 0) is 32.0 Å². The fourth-order valence-electron chi connectivity index (χ4n) is 1.74. The highest BCUT2D eigenvalue weighted by Crippen LogP contribution is 2.22. The largest absolute Gasteiger partial charge is 0.451 e. The predicted octanol–water partition coefficient (Wildman–Crippen LogP) is 3.86. The Bertz CT molecular complexity index is 711. The lowest BCUT2D eigenvalue weighted by Crippen LogP contribution is -2.20. The van der Waals surface area contributed by atoms with Crippen molar-refractivity contribution in [3.8, 4) is 0 Å². The predicted molar refractivity (Wildman–Crippen MR) is 87.0 cm³/mol. The molecule has 0 aliphatic rings. The van der Waals surface area contributed by atoms with Crippen LogP contribution in [-0.2, 0) is 9.53 Å². The molecular weight excluding hydrogens is 347 g/mol. The van der Waals surface area contributed by atoms with Gasteiger partial charge in [-0.1, -0.05) is 23.2 Å². The van der Waals surface area contributed by atoms with Crippen molar-refractivity contribution in [2.75, 3.05) is 11.9 Å². The monoisotopic (exact) mass is 358 g/mol. The minimum absolute atomic E-state index is 0.399. The number of benzene rings is 1. The molecule has 0 aliphatic heterocycles. The number of thiazole rings is 1. The van der Waals surface area contributed by atoms with Crippen LogP contribution >= 0.6 is 34.5 Å². The second-order valence-electron chi connectivity index (χ2n) is 4.43. The number of carbonyl (C=O) groups excluding carboxylic acids is 2. The van der Waals surface area contributed by atoms with Gasteiger partial charge in [-0.2, -0.15) is 0 Å². The Hall–Kier alpha value is -1.63. The molecule has 8 heteroatoms. The normalized spacial score (nSPS) is 10.4. The molecule has 116 valence electrons. The van der Waals surface area contributed by atoms with Crippen molar-refractivity contribution < 1.29 is 14.3 Å². The number of amides is 1. The fraction of sp³-hybridized carbons (Fsp3) is 0.214. The molecule has 1 N–H and O–H groups in total. The van der Waals surface area contributed by atoms with Crippen LogP contribution < -0.4 is 5.32 Å². The van der Waals surface area contributed by atoms with Crippen LogP contribution in [0.25, 0.3) is 0 Å². The Morgan fingerprint density at radius 1 is 1.23 bits per heavy atom. The van der Waals surface area contributed by atoms with Crippen LogP contribution in [0, 0.1) is 13.8 Å². The van der Waals surface area contributed by atoms with E-state index in [2.05, 4.69) is 10.3 Å². The van der Waals surface area contributed by atoms with Crippen molar-refractivity contribution in [3.05, 3.63) is 43.8 Å². The standard InChI is InChI=1S/C14H12Cl2N2O3S/c1-7-13(22-8(2)17-7)14(20)21-6-12(19)18-11-4-9(15)3-10(16)5-11/h3-5H,6H2,1-2H3,(H,18,19). The van der Waals surface area contributed by atoms with Gasteiger partial charge in [-0.3, -0.25) is 4.79 Å². The fourth-order valence-corrected chi connectivity index (χ4v) is 3.08. The van der Waals surface area contributed by atoms with E-state index in [1.54, 1.807) is 32.0 Å². The van der Waals surface area contributed by atoms with Crippen molar-refractivity contribution in [1.29, 1.82) is 0 Å². The number of carbonyl (C=O) groups is 2. The van der Waals surface area contributed by atoms with Crippen LogP contribution in [-0.4, -0.2) is 23.5 Å². The zero-order chi connectivity index (χ0) is 16.3. The summed E-state index contributed by atoms with van der Waals surface area (Å²) in [5.74, 6) is -1.05. The first kappa shape index (κ1) is 16.7. The van der Waals surface area contributed by atoms with Gasteiger partial charge in [0.05, 0.1) is 10.7 Å². The lowest BCUT2D eigenvalue weighted by molar-refractivity contribution is -0.119. The SMILES string of the molecule is Cc1nc(C)c(C(=O)OCC(=O)Nc2cc(Cl)cc(Cl)c2)s1. The van der Waals surface area contributed by atoms with E-state index in [1.807, 2.05) is 0 Å². The van der Waals surface area contributed by atoms with Gasteiger partial charge in [0.2, 0.25) is 0 Å². The third-order valence-corrected chi connectivity index (χ3v) is 4.06. The lowest BCUT2D eigenvalue weighted by Gasteiger charge is -2.07. The van der Waals surface area contributed by atoms with Crippen molar-refractivity contribution in [3.63, 3.8) is 0 Å². The van der Waals surface area contributed by atoms with Gasteiger partial charge in [0.1, 0.15) is 4.88 Å². The van der Waals surface area contributed by atoms with Crippen LogP contribution in [0.3, 0.4) is 0 Å². The van der Waals surface area contributed by atoms with Crippen LogP contribution in [0.5, 0.6) is 0 Å². The average molecular weight is 359 g/mol. The van der Waals surface area contributed by atoms with E-state index in [1.165, 1.54) is 11.3 Å². The van der Waals surface area contributed by atoms with E-state index in [-0.39, 0.29) is 0 Å². The van der Waals surface area contributed by atoms with Gasteiger partial charge < -0.3 is 10.1 Å². The van der Waals surface area contributed by atoms with Crippen molar-refractivity contribution in [2.45, 2.75) is 13.8 Å². The maximum Gasteiger partial charge on any atom is 0.350 e. The molecule has 0 saturated carbocycles. The number of aryl methyl sites for hydroxylation is 2. The molecule has 1 aromatic carbocycles. The molecular formula is C14H12Cl2N2O3S. The van der Waals surface area contributed by atoms with Gasteiger partial charge in [0, 0.05) is 15.7 Å². The molecule has 0 atom stereocenters.